The second-order valence-corrected chi connectivity index (χ2v) is 12.2. The topological polar surface area (TPSA) is 54.8 Å². The van der Waals surface area contributed by atoms with Gasteiger partial charge in [-0.1, -0.05) is 76.6 Å². The quantitative estimate of drug-likeness (QED) is 0.139. The van der Waals surface area contributed by atoms with Crippen molar-refractivity contribution < 1.29 is 14.6 Å². The first-order chi connectivity index (χ1) is 20.8. The zero-order valence-electron chi connectivity index (χ0n) is 25.3. The molecule has 1 heterocycles. The molecular weight excluding hydrogens is 600 g/mol. The lowest BCUT2D eigenvalue weighted by Gasteiger charge is -2.38. The fourth-order valence-electron chi connectivity index (χ4n) is 5.90. The van der Waals surface area contributed by atoms with Gasteiger partial charge in [0, 0.05) is 21.3 Å². The molecule has 0 fully saturated rings. The maximum absolute atomic E-state index is 13.2. The summed E-state index contributed by atoms with van der Waals surface area (Å²) in [6, 6.07) is 34.7. The van der Waals surface area contributed by atoms with Crippen LogP contribution in [0.2, 0.25) is 0 Å². The van der Waals surface area contributed by atoms with E-state index in [0.717, 1.165) is 68.3 Å². The highest BCUT2D eigenvalue weighted by Crippen LogP contribution is 2.48. The first kappa shape index (κ1) is 30.7. The molecule has 0 aliphatic rings. The van der Waals surface area contributed by atoms with Crippen LogP contribution in [0.5, 0.6) is 11.6 Å². The number of fused-ring (bicyclic) bond motifs is 1. The lowest BCUT2D eigenvalue weighted by molar-refractivity contribution is 0.00682. The molecule has 1 aromatic heterocycles. The molecule has 0 radical (unpaired) electrons. The van der Waals surface area contributed by atoms with Gasteiger partial charge in [0.15, 0.2) is 0 Å². The van der Waals surface area contributed by atoms with Crippen LogP contribution in [0.4, 0.5) is 0 Å². The number of methoxy groups -OCH3 is 2. The number of unbranched alkanes of at least 4 members (excludes halogenated alkanes) is 1. The summed E-state index contributed by atoms with van der Waals surface area (Å²) in [5, 5.41) is 14.2. The molecule has 0 aliphatic heterocycles. The predicted molar refractivity (Wildman–Crippen MR) is 179 cm³/mol. The second kappa shape index (κ2) is 13.7. The van der Waals surface area contributed by atoms with Crippen LogP contribution in [-0.4, -0.2) is 49.9 Å². The van der Waals surface area contributed by atoms with Crippen molar-refractivity contribution >= 4 is 26.8 Å². The lowest BCUT2D eigenvalue weighted by atomic mass is 9.70. The minimum Gasteiger partial charge on any atom is -0.497 e. The van der Waals surface area contributed by atoms with Gasteiger partial charge in [0.1, 0.15) is 11.4 Å². The Hall–Kier alpha value is -3.71. The molecule has 0 amide bonds. The number of hydrogen-bond acceptors (Lipinski definition) is 5. The van der Waals surface area contributed by atoms with Crippen LogP contribution in [0, 0.1) is 0 Å². The number of benzene rings is 4. The molecule has 0 saturated heterocycles. The largest absolute Gasteiger partial charge is 0.497 e. The Kier molecular flexibility index (Phi) is 9.81. The molecule has 222 valence electrons. The summed E-state index contributed by atoms with van der Waals surface area (Å²) in [4.78, 5) is 7.10. The minimum atomic E-state index is -1.26. The van der Waals surface area contributed by atoms with Gasteiger partial charge in [-0.2, -0.15) is 0 Å². The zero-order chi connectivity index (χ0) is 30.4. The third-order valence-electron chi connectivity index (χ3n) is 8.08. The molecule has 0 bridgehead atoms. The lowest BCUT2D eigenvalue weighted by Crippen LogP contribution is -2.35. The maximum Gasteiger partial charge on any atom is 0.217 e. The number of nitrogens with zero attached hydrogens (tertiary/aromatic N) is 2. The first-order valence-electron chi connectivity index (χ1n) is 14.6. The minimum absolute atomic E-state index is 0.440. The van der Waals surface area contributed by atoms with E-state index in [1.807, 2.05) is 54.6 Å². The molecule has 2 atom stereocenters. The Bertz CT molecular complexity index is 1660. The second-order valence-electron chi connectivity index (χ2n) is 11.3. The average molecular weight is 640 g/mol. The fourth-order valence-corrected chi connectivity index (χ4v) is 6.28. The van der Waals surface area contributed by atoms with E-state index in [1.54, 1.807) is 14.2 Å². The van der Waals surface area contributed by atoms with E-state index in [2.05, 4.69) is 83.5 Å². The van der Waals surface area contributed by atoms with Gasteiger partial charge in [-0.05, 0) is 105 Å². The number of pyridine rings is 1. The Labute approximate surface area is 263 Å². The normalized spacial score (nSPS) is 13.6. The number of halogens is 1. The van der Waals surface area contributed by atoms with Gasteiger partial charge in [-0.3, -0.25) is 0 Å². The number of hydrogen-bond donors (Lipinski definition) is 1. The van der Waals surface area contributed by atoms with Crippen molar-refractivity contribution in [2.24, 2.45) is 0 Å². The Morgan fingerprint density at radius 3 is 2.28 bits per heavy atom. The summed E-state index contributed by atoms with van der Waals surface area (Å²) in [6.45, 7) is 0.951. The molecule has 5 nitrogen and oxygen atoms in total. The van der Waals surface area contributed by atoms with E-state index < -0.39 is 11.5 Å². The number of rotatable bonds is 12. The highest BCUT2D eigenvalue weighted by molar-refractivity contribution is 9.10. The SMILES string of the molecule is COc1ccc(-c2cccc(C(O)(CCCCN(C)C)C(c3ccccc3)c3cc4cc(Br)ccc4nc3OC)c2)cc1. The van der Waals surface area contributed by atoms with E-state index in [1.165, 1.54) is 0 Å². The van der Waals surface area contributed by atoms with Crippen molar-refractivity contribution in [3.8, 4) is 22.8 Å². The highest BCUT2D eigenvalue weighted by atomic mass is 79.9. The van der Waals surface area contributed by atoms with E-state index >= 15 is 0 Å². The van der Waals surface area contributed by atoms with Gasteiger partial charge in [0.25, 0.3) is 0 Å². The van der Waals surface area contributed by atoms with E-state index in [9.17, 15) is 5.11 Å². The van der Waals surface area contributed by atoms with Crippen molar-refractivity contribution in [2.45, 2.75) is 30.8 Å². The molecule has 0 aliphatic carbocycles. The van der Waals surface area contributed by atoms with E-state index in [-0.39, 0.29) is 0 Å². The molecule has 5 rings (SSSR count). The molecular formula is C37H39BrN2O3. The van der Waals surface area contributed by atoms with Crippen molar-refractivity contribution in [3.63, 3.8) is 0 Å². The molecule has 6 heteroatoms. The predicted octanol–water partition coefficient (Wildman–Crippen LogP) is 8.43. The zero-order valence-corrected chi connectivity index (χ0v) is 26.8. The van der Waals surface area contributed by atoms with Gasteiger partial charge in [0.2, 0.25) is 5.88 Å². The van der Waals surface area contributed by atoms with Crippen LogP contribution in [0.25, 0.3) is 22.0 Å². The van der Waals surface area contributed by atoms with Gasteiger partial charge in [-0.15, -0.1) is 0 Å². The molecule has 43 heavy (non-hydrogen) atoms. The van der Waals surface area contributed by atoms with Crippen molar-refractivity contribution in [2.75, 3.05) is 34.9 Å². The summed E-state index contributed by atoms with van der Waals surface area (Å²) in [6.07, 6.45) is 2.38. The standard InChI is InChI=1S/C37H39BrN2O3/c1-40(2)22-9-8-21-37(41,30-14-10-13-28(23-30)26-15-18-32(42-3)19-16-26)35(27-11-6-5-7-12-27)33-25-29-24-31(38)17-20-34(29)39-36(33)43-4/h5-7,10-20,23-25,35,41H,8-9,21-22H2,1-4H3. The molecule has 0 spiro atoms. The fraction of sp³-hybridized carbons (Fsp3) is 0.270. The average Bonchev–Trinajstić information content (AvgIpc) is 3.03. The van der Waals surface area contributed by atoms with Crippen LogP contribution >= 0.6 is 15.9 Å². The number of ether oxygens (including phenoxy) is 2. The molecule has 4 aromatic carbocycles. The van der Waals surface area contributed by atoms with Crippen LogP contribution < -0.4 is 9.47 Å². The molecule has 5 aromatic rings. The summed E-state index contributed by atoms with van der Waals surface area (Å²) in [5.41, 5.74) is 4.38. The Morgan fingerprint density at radius 1 is 0.814 bits per heavy atom. The first-order valence-corrected chi connectivity index (χ1v) is 15.4. The molecule has 0 saturated carbocycles. The van der Waals surface area contributed by atoms with Crippen LogP contribution in [-0.2, 0) is 5.60 Å². The van der Waals surface area contributed by atoms with Gasteiger partial charge in [0.05, 0.1) is 19.7 Å². The Morgan fingerprint density at radius 2 is 1.58 bits per heavy atom. The van der Waals surface area contributed by atoms with Crippen molar-refractivity contribution in [1.82, 2.24) is 9.88 Å². The third-order valence-corrected chi connectivity index (χ3v) is 8.58. The monoisotopic (exact) mass is 638 g/mol. The summed E-state index contributed by atoms with van der Waals surface area (Å²) in [7, 11) is 7.49. The van der Waals surface area contributed by atoms with E-state index in [0.29, 0.717) is 12.3 Å². The smallest absolute Gasteiger partial charge is 0.217 e. The van der Waals surface area contributed by atoms with Gasteiger partial charge < -0.3 is 19.5 Å². The van der Waals surface area contributed by atoms with Gasteiger partial charge in [-0.25, -0.2) is 4.98 Å². The summed E-state index contributed by atoms with van der Waals surface area (Å²) < 4.78 is 12.3. The van der Waals surface area contributed by atoms with Crippen molar-refractivity contribution in [3.05, 3.63) is 124 Å². The number of aromatic nitrogens is 1. The van der Waals surface area contributed by atoms with Crippen LogP contribution in [0.15, 0.2) is 108 Å². The van der Waals surface area contributed by atoms with Crippen LogP contribution in [0.3, 0.4) is 0 Å². The number of aliphatic hydroxyl groups is 1. The van der Waals surface area contributed by atoms with Gasteiger partial charge >= 0.3 is 0 Å². The molecule has 2 unspecified atom stereocenters. The third kappa shape index (κ3) is 6.93. The van der Waals surface area contributed by atoms with Crippen LogP contribution in [0.1, 0.15) is 41.9 Å². The maximum atomic E-state index is 13.2. The van der Waals surface area contributed by atoms with E-state index in [4.69, 9.17) is 14.5 Å². The summed E-state index contributed by atoms with van der Waals surface area (Å²) >= 11 is 3.62. The highest BCUT2D eigenvalue weighted by Gasteiger charge is 2.42. The van der Waals surface area contributed by atoms with Crippen molar-refractivity contribution in [1.29, 1.82) is 0 Å². The Balaban J connectivity index is 1.71. The molecule has 1 N–H and O–H groups in total. The summed E-state index contributed by atoms with van der Waals surface area (Å²) in [5.74, 6) is 0.885.